The summed E-state index contributed by atoms with van der Waals surface area (Å²) in [5, 5.41) is 8.82. The van der Waals surface area contributed by atoms with Crippen molar-refractivity contribution in [2.24, 2.45) is 0 Å². The molecule has 0 aliphatic rings. The summed E-state index contributed by atoms with van der Waals surface area (Å²) in [5.74, 6) is -1.22. The van der Waals surface area contributed by atoms with Crippen molar-refractivity contribution < 1.29 is 9.90 Å². The molecule has 0 amide bonds. The van der Waals surface area contributed by atoms with E-state index in [1.165, 1.54) is 16.2 Å². The highest BCUT2D eigenvalue weighted by Gasteiger charge is 2.12. The van der Waals surface area contributed by atoms with E-state index in [1.54, 1.807) is 19.9 Å². The Morgan fingerprint density at radius 2 is 2.19 bits per heavy atom. The summed E-state index contributed by atoms with van der Waals surface area (Å²) >= 11 is 5.52. The number of aromatic nitrogens is 1. The Morgan fingerprint density at radius 1 is 1.56 bits per heavy atom. The number of halogens is 1. The van der Waals surface area contributed by atoms with Gasteiger partial charge in [-0.1, -0.05) is 11.6 Å². The van der Waals surface area contributed by atoms with E-state index >= 15 is 0 Å². The van der Waals surface area contributed by atoms with E-state index in [-0.39, 0.29) is 5.56 Å². The fourth-order valence-corrected chi connectivity index (χ4v) is 1.38. The summed E-state index contributed by atoms with van der Waals surface area (Å²) in [6.07, 6.45) is 0. The summed E-state index contributed by atoms with van der Waals surface area (Å²) in [5.41, 5.74) is 2.12. The molecular weight excluding hydrogens is 230 g/mol. The maximum Gasteiger partial charge on any atom is 0.341 e. The predicted octanol–water partition coefficient (Wildman–Crippen LogP) is 2.00. The quantitative estimate of drug-likeness (QED) is 0.881. The van der Waals surface area contributed by atoms with Crippen LogP contribution in [0.1, 0.15) is 23.0 Å². The van der Waals surface area contributed by atoms with E-state index in [0.29, 0.717) is 12.2 Å². The van der Waals surface area contributed by atoms with Crippen LogP contribution in [0.2, 0.25) is 0 Å². The van der Waals surface area contributed by atoms with Crippen molar-refractivity contribution in [2.45, 2.75) is 20.4 Å². The Labute approximate surface area is 97.8 Å². The highest BCUT2D eigenvalue weighted by Crippen LogP contribution is 2.04. The molecule has 0 aliphatic heterocycles. The van der Waals surface area contributed by atoms with Crippen molar-refractivity contribution in [3.63, 3.8) is 0 Å². The van der Waals surface area contributed by atoms with Gasteiger partial charge in [0.15, 0.2) is 0 Å². The number of aromatic carboxylic acids is 1. The lowest BCUT2D eigenvalue weighted by Crippen LogP contribution is -2.28. The number of allylic oxidation sites excluding steroid dienone is 1. The van der Waals surface area contributed by atoms with Crippen molar-refractivity contribution >= 4 is 17.6 Å². The normalized spacial score (nSPS) is 11.6. The van der Waals surface area contributed by atoms with Crippen LogP contribution in [0, 0.1) is 6.92 Å². The summed E-state index contributed by atoms with van der Waals surface area (Å²) in [6, 6.07) is 2.92. The van der Waals surface area contributed by atoms with E-state index in [1.807, 2.05) is 0 Å². The molecule has 86 valence electrons. The standard InChI is InChI=1S/C11H12ClNO3/c1-7(5-12)6-13-8(2)3-4-9(10(13)14)11(15)16/h3-5H,6H2,1-2H3,(H,15,16)/b7-5-. The van der Waals surface area contributed by atoms with E-state index in [9.17, 15) is 9.59 Å². The van der Waals surface area contributed by atoms with Crippen LogP contribution >= 0.6 is 11.6 Å². The van der Waals surface area contributed by atoms with Gasteiger partial charge in [-0.25, -0.2) is 4.79 Å². The first-order valence-corrected chi connectivity index (χ1v) is 5.10. The lowest BCUT2D eigenvalue weighted by Gasteiger charge is -2.10. The Kier molecular flexibility index (Phi) is 3.90. The molecule has 1 heterocycles. The number of pyridine rings is 1. The van der Waals surface area contributed by atoms with Gasteiger partial charge in [-0.15, -0.1) is 0 Å². The van der Waals surface area contributed by atoms with Crippen LogP contribution in [-0.4, -0.2) is 15.6 Å². The largest absolute Gasteiger partial charge is 0.477 e. The zero-order valence-electron chi connectivity index (χ0n) is 9.03. The summed E-state index contributed by atoms with van der Waals surface area (Å²) in [7, 11) is 0. The van der Waals surface area contributed by atoms with Crippen molar-refractivity contribution in [1.82, 2.24) is 4.57 Å². The highest BCUT2D eigenvalue weighted by atomic mass is 35.5. The van der Waals surface area contributed by atoms with Crippen molar-refractivity contribution in [2.75, 3.05) is 0 Å². The van der Waals surface area contributed by atoms with Gasteiger partial charge in [-0.3, -0.25) is 4.79 Å². The number of carboxylic acids is 1. The maximum absolute atomic E-state index is 11.8. The third-order valence-corrected chi connectivity index (χ3v) is 2.59. The molecule has 1 aromatic heterocycles. The molecule has 5 heteroatoms. The molecule has 0 atom stereocenters. The van der Waals surface area contributed by atoms with Crippen LogP contribution in [0.25, 0.3) is 0 Å². The molecule has 1 N–H and O–H groups in total. The number of carboxylic acid groups (broad SMARTS) is 1. The number of rotatable bonds is 3. The third kappa shape index (κ3) is 2.52. The number of nitrogens with zero attached hydrogens (tertiary/aromatic N) is 1. The average Bonchev–Trinajstić information content (AvgIpc) is 2.23. The van der Waals surface area contributed by atoms with Gasteiger partial charge in [0.2, 0.25) is 0 Å². The van der Waals surface area contributed by atoms with E-state index in [0.717, 1.165) is 5.57 Å². The highest BCUT2D eigenvalue weighted by molar-refractivity contribution is 6.25. The smallest absolute Gasteiger partial charge is 0.341 e. The number of carbonyl (C=O) groups is 1. The number of hydrogen-bond acceptors (Lipinski definition) is 2. The van der Waals surface area contributed by atoms with Crippen molar-refractivity contribution in [3.8, 4) is 0 Å². The molecule has 0 fully saturated rings. The SMILES string of the molecule is C/C(=C/Cl)Cn1c(C)ccc(C(=O)O)c1=O. The summed E-state index contributed by atoms with van der Waals surface area (Å²) < 4.78 is 1.39. The predicted molar refractivity (Wildman–Crippen MR) is 62.0 cm³/mol. The first-order chi connectivity index (χ1) is 7.47. The molecule has 0 aromatic carbocycles. The topological polar surface area (TPSA) is 59.3 Å². The molecule has 0 unspecified atom stereocenters. The number of hydrogen-bond donors (Lipinski definition) is 1. The maximum atomic E-state index is 11.8. The fraction of sp³-hybridized carbons (Fsp3) is 0.273. The average molecular weight is 242 g/mol. The molecule has 0 aliphatic carbocycles. The Morgan fingerprint density at radius 3 is 2.69 bits per heavy atom. The van der Waals surface area contributed by atoms with Gasteiger partial charge in [0.05, 0.1) is 0 Å². The molecule has 16 heavy (non-hydrogen) atoms. The van der Waals surface area contributed by atoms with Crippen LogP contribution in [0.5, 0.6) is 0 Å². The van der Waals surface area contributed by atoms with Crippen LogP contribution < -0.4 is 5.56 Å². The van der Waals surface area contributed by atoms with Crippen LogP contribution in [0.4, 0.5) is 0 Å². The van der Waals surface area contributed by atoms with E-state index in [2.05, 4.69) is 0 Å². The summed E-state index contributed by atoms with van der Waals surface area (Å²) in [4.78, 5) is 22.6. The second-order valence-electron chi connectivity index (χ2n) is 3.54. The Bertz CT molecular complexity index is 502. The molecule has 0 saturated heterocycles. The Balaban J connectivity index is 3.33. The van der Waals surface area contributed by atoms with Crippen molar-refractivity contribution in [3.05, 3.63) is 44.9 Å². The van der Waals surface area contributed by atoms with Gasteiger partial charge in [-0.05, 0) is 31.6 Å². The molecule has 1 aromatic rings. The first kappa shape index (κ1) is 12.5. The fourth-order valence-electron chi connectivity index (χ4n) is 1.31. The molecule has 4 nitrogen and oxygen atoms in total. The second kappa shape index (κ2) is 4.99. The lowest BCUT2D eigenvalue weighted by molar-refractivity contribution is 0.0694. The zero-order valence-corrected chi connectivity index (χ0v) is 9.78. The Hall–Kier alpha value is -1.55. The van der Waals surface area contributed by atoms with E-state index < -0.39 is 11.5 Å². The molecule has 0 bridgehead atoms. The minimum absolute atomic E-state index is 0.229. The second-order valence-corrected chi connectivity index (χ2v) is 3.76. The lowest BCUT2D eigenvalue weighted by atomic mass is 10.2. The third-order valence-electron chi connectivity index (χ3n) is 2.22. The van der Waals surface area contributed by atoms with Gasteiger partial charge < -0.3 is 9.67 Å². The van der Waals surface area contributed by atoms with Crippen LogP contribution in [0.3, 0.4) is 0 Å². The van der Waals surface area contributed by atoms with Gasteiger partial charge in [0.25, 0.3) is 5.56 Å². The molecule has 0 spiro atoms. The summed E-state index contributed by atoms with van der Waals surface area (Å²) in [6.45, 7) is 3.82. The van der Waals surface area contributed by atoms with Crippen LogP contribution in [0.15, 0.2) is 28.0 Å². The monoisotopic (exact) mass is 241 g/mol. The van der Waals surface area contributed by atoms with E-state index in [4.69, 9.17) is 16.7 Å². The molecule has 0 radical (unpaired) electrons. The minimum atomic E-state index is -1.22. The van der Waals surface area contributed by atoms with Crippen LogP contribution in [-0.2, 0) is 6.54 Å². The van der Waals surface area contributed by atoms with Gasteiger partial charge in [0, 0.05) is 17.8 Å². The van der Waals surface area contributed by atoms with Gasteiger partial charge >= 0.3 is 5.97 Å². The van der Waals surface area contributed by atoms with Gasteiger partial charge in [0.1, 0.15) is 5.56 Å². The van der Waals surface area contributed by atoms with Crippen molar-refractivity contribution in [1.29, 1.82) is 0 Å². The number of aryl methyl sites for hydroxylation is 1. The molecule has 1 rings (SSSR count). The molecular formula is C11H12ClNO3. The minimum Gasteiger partial charge on any atom is -0.477 e. The van der Waals surface area contributed by atoms with Gasteiger partial charge in [-0.2, -0.15) is 0 Å². The first-order valence-electron chi connectivity index (χ1n) is 4.67. The molecule has 0 saturated carbocycles. The zero-order chi connectivity index (χ0) is 12.3.